The third-order valence-electron chi connectivity index (χ3n) is 12.0. The van der Waals surface area contributed by atoms with Crippen LogP contribution in [0.4, 0.5) is 0 Å². The summed E-state index contributed by atoms with van der Waals surface area (Å²) >= 11 is 0. The molecule has 0 unspecified atom stereocenters. The van der Waals surface area contributed by atoms with Gasteiger partial charge in [0.1, 0.15) is 48.0 Å². The van der Waals surface area contributed by atoms with Gasteiger partial charge in [0.05, 0.1) is 12.5 Å². The summed E-state index contributed by atoms with van der Waals surface area (Å²) in [6, 6.07) is 3.17. The van der Waals surface area contributed by atoms with Gasteiger partial charge in [0, 0.05) is 25.8 Å². The number of nitrogens with zero attached hydrogens (tertiary/aromatic N) is 1. The number of phenolic OH excluding ortho intramolecular Hbond substituents is 1. The van der Waals surface area contributed by atoms with Gasteiger partial charge >= 0.3 is 17.9 Å². The molecule has 70 heavy (non-hydrogen) atoms. The van der Waals surface area contributed by atoms with Crippen molar-refractivity contribution in [1.29, 1.82) is 0 Å². The van der Waals surface area contributed by atoms with Crippen molar-refractivity contribution in [3.8, 4) is 5.75 Å². The van der Waals surface area contributed by atoms with Crippen LogP contribution < -0.4 is 37.6 Å². The summed E-state index contributed by atoms with van der Waals surface area (Å²) in [5.74, 6) is -11.6. The number of hydrogen-bond acceptors (Lipinski definition) is 12. The smallest absolute Gasteiger partial charge is 0.326 e. The number of amides is 7. The maximum Gasteiger partial charge on any atom is 0.326 e. The number of aliphatic carboxylic acids is 3. The average molecular weight is 981 g/mol. The Hall–Kier alpha value is -7.10. The summed E-state index contributed by atoms with van der Waals surface area (Å²) < 4.78 is 0. The summed E-state index contributed by atoms with van der Waals surface area (Å²) in [6.45, 7) is 10.1. The second-order valence-corrected chi connectivity index (χ2v) is 18.2. The van der Waals surface area contributed by atoms with Crippen LogP contribution in [0.5, 0.6) is 5.75 Å². The third-order valence-corrected chi connectivity index (χ3v) is 12.0. The fraction of sp³-hybridized carbons (Fsp3) is 0.542. The number of carboxylic acids is 3. The zero-order valence-electron chi connectivity index (χ0n) is 40.3. The van der Waals surface area contributed by atoms with Crippen LogP contribution >= 0.6 is 0 Å². The van der Waals surface area contributed by atoms with Gasteiger partial charge in [0.2, 0.25) is 41.4 Å². The lowest BCUT2D eigenvalue weighted by Gasteiger charge is -2.32. The first-order chi connectivity index (χ1) is 32.9. The van der Waals surface area contributed by atoms with Crippen LogP contribution in [-0.2, 0) is 60.8 Å². The van der Waals surface area contributed by atoms with Crippen molar-refractivity contribution in [2.45, 2.75) is 141 Å². The summed E-state index contributed by atoms with van der Waals surface area (Å²) in [5.41, 5.74) is 6.73. The van der Waals surface area contributed by atoms with E-state index in [1.165, 1.54) is 29.2 Å². The van der Waals surface area contributed by atoms with Gasteiger partial charge in [-0.3, -0.25) is 43.2 Å². The van der Waals surface area contributed by atoms with E-state index in [-0.39, 0.29) is 31.6 Å². The van der Waals surface area contributed by atoms with E-state index in [0.717, 1.165) is 0 Å². The maximum atomic E-state index is 14.4. The topological polar surface area (TPSA) is 353 Å². The Morgan fingerprint density at radius 2 is 1.09 bits per heavy atom. The molecule has 12 N–H and O–H groups in total. The number of benzene rings is 2. The van der Waals surface area contributed by atoms with Gasteiger partial charge in [-0.05, 0) is 60.3 Å². The van der Waals surface area contributed by atoms with Crippen LogP contribution in [0, 0.1) is 17.8 Å². The second kappa shape index (κ2) is 27.2. The van der Waals surface area contributed by atoms with E-state index >= 15 is 0 Å². The SMILES string of the molecule is CC[C@H](C)[C@H](NC(=O)[C@@H](NC(=O)[C@H](CCC(=O)O)NC(=O)[C@H](Cc1ccccc1)NC(=O)[C@H](Cc1ccc(O)cc1)NC(=O)[C@@H](NC(=O)[C@@H](N)CC(=O)O)C(C)C)C(C)C)C(=O)N1CCC[C@H]1C(=O)O. The fourth-order valence-corrected chi connectivity index (χ4v) is 7.74. The molecule has 1 saturated heterocycles. The van der Waals surface area contributed by atoms with Crippen LogP contribution in [0.15, 0.2) is 54.6 Å². The van der Waals surface area contributed by atoms with Gasteiger partial charge in [-0.2, -0.15) is 0 Å². The number of rotatable bonds is 27. The van der Waals surface area contributed by atoms with E-state index in [0.29, 0.717) is 24.0 Å². The molecule has 7 amide bonds. The monoisotopic (exact) mass is 980 g/mol. The standard InChI is InChI=1S/C48H68N8O14/c1-7-27(6)40(47(68)56-21-11-14-35(56)48(69)70)55-46(67)39(26(4)5)54-42(63)32(19-20-36(58)59)50-43(64)33(22-28-12-9-8-10-13-28)51-44(65)34(23-29-15-17-30(57)18-16-29)52-45(66)38(25(2)3)53-41(62)31(49)24-37(60)61/h8-10,12-13,15-18,25-27,31-35,38-40,57H,7,11,14,19-24,49H2,1-6H3,(H,50,64)(H,51,65)(H,52,66)(H,53,62)(H,54,63)(H,55,67)(H,58,59)(H,60,61)(H,69,70)/t27-,31-,32-,33-,34-,35-,38-,39-,40-/m0/s1. The Labute approximate surface area is 406 Å². The molecule has 0 bridgehead atoms. The van der Waals surface area contributed by atoms with Crippen LogP contribution in [0.1, 0.15) is 91.2 Å². The van der Waals surface area contributed by atoms with E-state index in [2.05, 4.69) is 31.9 Å². The van der Waals surface area contributed by atoms with Crippen molar-refractivity contribution < 1.29 is 68.4 Å². The van der Waals surface area contributed by atoms with Crippen molar-refractivity contribution in [3.63, 3.8) is 0 Å². The first kappa shape index (κ1) is 57.2. The van der Waals surface area contributed by atoms with Crippen molar-refractivity contribution >= 4 is 59.3 Å². The minimum atomic E-state index is -1.60. The quantitative estimate of drug-likeness (QED) is 0.0569. The van der Waals surface area contributed by atoms with Gasteiger partial charge in [-0.25, -0.2) is 4.79 Å². The number of hydrogen-bond donors (Lipinski definition) is 11. The lowest BCUT2D eigenvalue weighted by molar-refractivity contribution is -0.150. The van der Waals surface area contributed by atoms with Crippen LogP contribution in [0.25, 0.3) is 0 Å². The molecular weight excluding hydrogens is 913 g/mol. The van der Waals surface area contributed by atoms with Gasteiger partial charge in [0.15, 0.2) is 0 Å². The van der Waals surface area contributed by atoms with Gasteiger partial charge in [-0.15, -0.1) is 0 Å². The molecule has 0 saturated carbocycles. The number of carboxylic acid groups (broad SMARTS) is 3. The van der Waals surface area contributed by atoms with Crippen LogP contribution in [0.2, 0.25) is 0 Å². The largest absolute Gasteiger partial charge is 0.508 e. The van der Waals surface area contributed by atoms with Gasteiger partial charge in [0.25, 0.3) is 0 Å². The Bertz CT molecular complexity index is 2170. The summed E-state index contributed by atoms with van der Waals surface area (Å²) in [5, 5.41) is 54.0. The molecule has 22 nitrogen and oxygen atoms in total. The molecule has 1 aliphatic rings. The van der Waals surface area contributed by atoms with Crippen LogP contribution in [-0.4, -0.2) is 139 Å². The van der Waals surface area contributed by atoms with E-state index in [1.54, 1.807) is 71.9 Å². The van der Waals surface area contributed by atoms with Crippen molar-refractivity contribution in [2.75, 3.05) is 6.54 Å². The van der Waals surface area contributed by atoms with E-state index < -0.39 is 145 Å². The zero-order chi connectivity index (χ0) is 52.4. The molecule has 1 fully saturated rings. The number of aromatic hydroxyl groups is 1. The molecule has 0 aromatic heterocycles. The second-order valence-electron chi connectivity index (χ2n) is 18.2. The first-order valence-corrected chi connectivity index (χ1v) is 23.3. The number of phenols is 1. The van der Waals surface area contributed by atoms with Crippen LogP contribution in [0.3, 0.4) is 0 Å². The molecule has 1 aliphatic heterocycles. The minimum Gasteiger partial charge on any atom is -0.508 e. The number of nitrogens with one attached hydrogen (secondary N) is 6. The van der Waals surface area contributed by atoms with Gasteiger partial charge in [-0.1, -0.05) is 90.4 Å². The Morgan fingerprint density at radius 3 is 1.59 bits per heavy atom. The molecule has 22 heteroatoms. The highest BCUT2D eigenvalue weighted by Crippen LogP contribution is 2.22. The number of likely N-dealkylation sites (tertiary alicyclic amines) is 1. The number of carbonyl (C=O) groups is 10. The summed E-state index contributed by atoms with van der Waals surface area (Å²) in [7, 11) is 0. The van der Waals surface area contributed by atoms with E-state index in [4.69, 9.17) is 10.8 Å². The predicted octanol–water partition coefficient (Wildman–Crippen LogP) is 0.187. The Kier molecular flexibility index (Phi) is 22.2. The zero-order valence-corrected chi connectivity index (χ0v) is 40.3. The molecule has 2 aromatic rings. The minimum absolute atomic E-state index is 0.0888. The number of carbonyl (C=O) groups excluding carboxylic acids is 7. The van der Waals surface area contributed by atoms with Crippen molar-refractivity contribution in [1.82, 2.24) is 36.8 Å². The molecular formula is C48H68N8O14. The summed E-state index contributed by atoms with van der Waals surface area (Å²) in [6.07, 6.45) is -1.07. The van der Waals surface area contributed by atoms with Crippen molar-refractivity contribution in [2.24, 2.45) is 23.5 Å². The normalized spacial score (nSPS) is 16.8. The van der Waals surface area contributed by atoms with Crippen molar-refractivity contribution in [3.05, 3.63) is 65.7 Å². The molecule has 0 spiro atoms. The van der Waals surface area contributed by atoms with E-state index in [9.17, 15) is 63.3 Å². The molecule has 3 rings (SSSR count). The fourth-order valence-electron chi connectivity index (χ4n) is 7.74. The molecule has 1 heterocycles. The lowest BCUT2D eigenvalue weighted by atomic mass is 9.95. The predicted molar refractivity (Wildman–Crippen MR) is 252 cm³/mol. The van der Waals surface area contributed by atoms with Gasteiger partial charge < -0.3 is 63.0 Å². The average Bonchev–Trinajstić information content (AvgIpc) is 3.80. The highest BCUT2D eigenvalue weighted by molar-refractivity contribution is 5.98. The summed E-state index contributed by atoms with van der Waals surface area (Å²) in [4.78, 5) is 134. The number of nitrogens with two attached hydrogens (primary N) is 1. The molecule has 9 atom stereocenters. The molecule has 384 valence electrons. The maximum absolute atomic E-state index is 14.4. The highest BCUT2D eigenvalue weighted by Gasteiger charge is 2.41. The highest BCUT2D eigenvalue weighted by atomic mass is 16.4. The lowest BCUT2D eigenvalue weighted by Crippen LogP contribution is -2.62. The Balaban J connectivity index is 1.96. The third kappa shape index (κ3) is 17.5. The first-order valence-electron chi connectivity index (χ1n) is 23.3. The molecule has 0 aliphatic carbocycles. The van der Waals surface area contributed by atoms with E-state index in [1.807, 2.05) is 0 Å². The Morgan fingerprint density at radius 1 is 0.614 bits per heavy atom. The molecule has 0 radical (unpaired) electrons. The molecule has 2 aromatic carbocycles.